The Morgan fingerprint density at radius 3 is 2.71 bits per heavy atom. The van der Waals surface area contributed by atoms with Crippen LogP contribution in [0.25, 0.3) is 0 Å². The van der Waals surface area contributed by atoms with E-state index < -0.39 is 12.0 Å². The van der Waals surface area contributed by atoms with Gasteiger partial charge in [0.25, 0.3) is 0 Å². The molecule has 2 aromatic heterocycles. The van der Waals surface area contributed by atoms with Gasteiger partial charge in [-0.05, 0) is 6.07 Å². The first kappa shape index (κ1) is 13.7. The normalized spacial score (nSPS) is 15.0. The number of pyridine rings is 1. The molecule has 1 N–H and O–H groups in total. The Labute approximate surface area is 118 Å². The molecule has 0 bridgehead atoms. The zero-order chi connectivity index (χ0) is 15.0. The molecule has 9 heteroatoms. The standard InChI is InChI=1S/C12H13F3N6/c1-16-8-4-9(6-17-5-8)20-2-3-21-10(7-20)18-19-11(21)12(13,14)15/h4-6,16H,2-3,7H2,1H3. The highest BCUT2D eigenvalue weighted by Crippen LogP contribution is 2.30. The highest BCUT2D eigenvalue weighted by molar-refractivity contribution is 5.55. The molecular weight excluding hydrogens is 285 g/mol. The quantitative estimate of drug-likeness (QED) is 0.915. The summed E-state index contributed by atoms with van der Waals surface area (Å²) in [7, 11) is 1.78. The Kier molecular flexibility index (Phi) is 3.19. The van der Waals surface area contributed by atoms with E-state index in [1.165, 1.54) is 0 Å². The van der Waals surface area contributed by atoms with E-state index in [-0.39, 0.29) is 13.1 Å². The number of alkyl halides is 3. The Morgan fingerprint density at radius 2 is 2.00 bits per heavy atom. The van der Waals surface area contributed by atoms with Gasteiger partial charge in [-0.1, -0.05) is 0 Å². The lowest BCUT2D eigenvalue weighted by Gasteiger charge is -2.29. The van der Waals surface area contributed by atoms with Crippen molar-refractivity contribution < 1.29 is 13.2 Å². The predicted octanol–water partition coefficient (Wildman–Crippen LogP) is 1.75. The van der Waals surface area contributed by atoms with Crippen LogP contribution in [0.1, 0.15) is 11.6 Å². The number of aromatic nitrogens is 4. The lowest BCUT2D eigenvalue weighted by atomic mass is 10.3. The number of anilines is 2. The van der Waals surface area contributed by atoms with Crippen molar-refractivity contribution in [1.82, 2.24) is 19.7 Å². The van der Waals surface area contributed by atoms with Crippen LogP contribution in [0.15, 0.2) is 18.5 Å². The molecule has 0 saturated heterocycles. The molecule has 0 saturated carbocycles. The number of nitrogens with zero attached hydrogens (tertiary/aromatic N) is 5. The van der Waals surface area contributed by atoms with E-state index in [9.17, 15) is 13.2 Å². The molecular formula is C12H13F3N6. The largest absolute Gasteiger partial charge is 0.451 e. The fourth-order valence-electron chi connectivity index (χ4n) is 2.33. The van der Waals surface area contributed by atoms with Gasteiger partial charge >= 0.3 is 6.18 Å². The molecule has 112 valence electrons. The minimum Gasteiger partial charge on any atom is -0.387 e. The van der Waals surface area contributed by atoms with Crippen LogP contribution in [0, 0.1) is 0 Å². The third kappa shape index (κ3) is 2.50. The van der Waals surface area contributed by atoms with Crippen molar-refractivity contribution >= 4 is 11.4 Å². The number of hydrogen-bond donors (Lipinski definition) is 1. The highest BCUT2D eigenvalue weighted by Gasteiger charge is 2.39. The summed E-state index contributed by atoms with van der Waals surface area (Å²) in [4.78, 5) is 6.03. The first-order valence-electron chi connectivity index (χ1n) is 6.36. The summed E-state index contributed by atoms with van der Waals surface area (Å²) in [6.45, 7) is 0.919. The van der Waals surface area contributed by atoms with Crippen LogP contribution in [0.5, 0.6) is 0 Å². The molecule has 0 unspecified atom stereocenters. The van der Waals surface area contributed by atoms with Gasteiger partial charge in [0.1, 0.15) is 0 Å². The molecule has 0 aromatic carbocycles. The molecule has 6 nitrogen and oxygen atoms in total. The van der Waals surface area contributed by atoms with Crippen LogP contribution in [0.4, 0.5) is 24.5 Å². The molecule has 0 spiro atoms. The summed E-state index contributed by atoms with van der Waals surface area (Å²) in [6.07, 6.45) is -1.11. The Bertz CT molecular complexity index is 651. The second-order valence-corrected chi connectivity index (χ2v) is 4.69. The Morgan fingerprint density at radius 1 is 1.19 bits per heavy atom. The van der Waals surface area contributed by atoms with E-state index >= 15 is 0 Å². The molecule has 0 radical (unpaired) electrons. The maximum Gasteiger partial charge on any atom is 0.451 e. The van der Waals surface area contributed by atoms with Gasteiger partial charge in [-0.25, -0.2) is 0 Å². The third-order valence-corrected chi connectivity index (χ3v) is 3.38. The topological polar surface area (TPSA) is 58.9 Å². The Hall–Kier alpha value is -2.32. The summed E-state index contributed by atoms with van der Waals surface area (Å²) >= 11 is 0. The van der Waals surface area contributed by atoms with Gasteiger partial charge < -0.3 is 14.8 Å². The molecule has 0 fully saturated rings. The van der Waals surface area contributed by atoms with Crippen LogP contribution >= 0.6 is 0 Å². The zero-order valence-corrected chi connectivity index (χ0v) is 11.2. The summed E-state index contributed by atoms with van der Waals surface area (Å²) < 4.78 is 39.4. The fraction of sp³-hybridized carbons (Fsp3) is 0.417. The van der Waals surface area contributed by atoms with Gasteiger partial charge in [0.05, 0.1) is 30.3 Å². The fourth-order valence-corrected chi connectivity index (χ4v) is 2.33. The smallest absolute Gasteiger partial charge is 0.387 e. The number of fused-ring (bicyclic) bond motifs is 1. The van der Waals surface area contributed by atoms with Crippen molar-refractivity contribution in [2.75, 3.05) is 23.8 Å². The number of halogens is 3. The monoisotopic (exact) mass is 298 g/mol. The van der Waals surface area contributed by atoms with Crippen molar-refractivity contribution in [3.8, 4) is 0 Å². The van der Waals surface area contributed by atoms with Crippen LogP contribution < -0.4 is 10.2 Å². The minimum atomic E-state index is -4.47. The summed E-state index contributed by atoms with van der Waals surface area (Å²) in [5.74, 6) is -0.623. The summed E-state index contributed by atoms with van der Waals surface area (Å²) in [6, 6.07) is 1.89. The predicted molar refractivity (Wildman–Crippen MR) is 69.9 cm³/mol. The van der Waals surface area contributed by atoms with E-state index in [1.54, 1.807) is 19.4 Å². The first-order valence-corrected chi connectivity index (χ1v) is 6.36. The number of nitrogens with one attached hydrogen (secondary N) is 1. The van der Waals surface area contributed by atoms with Gasteiger partial charge in [0.2, 0.25) is 5.82 Å². The zero-order valence-electron chi connectivity index (χ0n) is 11.2. The lowest BCUT2D eigenvalue weighted by molar-refractivity contribution is -0.147. The molecule has 21 heavy (non-hydrogen) atoms. The van der Waals surface area contributed by atoms with Crippen LogP contribution in [-0.2, 0) is 19.3 Å². The average Bonchev–Trinajstić information content (AvgIpc) is 2.90. The molecule has 2 aromatic rings. The lowest BCUT2D eigenvalue weighted by Crippen LogP contribution is -2.35. The maximum atomic E-state index is 12.8. The van der Waals surface area contributed by atoms with Gasteiger partial charge in [-0.2, -0.15) is 13.2 Å². The second kappa shape index (κ2) is 4.90. The molecule has 0 atom stereocenters. The van der Waals surface area contributed by atoms with Crippen LogP contribution in [-0.4, -0.2) is 33.3 Å². The Balaban J connectivity index is 1.86. The molecule has 0 amide bonds. The van der Waals surface area contributed by atoms with Crippen molar-refractivity contribution in [3.05, 3.63) is 30.1 Å². The maximum absolute atomic E-state index is 12.8. The van der Waals surface area contributed by atoms with Gasteiger partial charge in [0, 0.05) is 20.1 Å². The van der Waals surface area contributed by atoms with E-state index in [0.717, 1.165) is 15.9 Å². The van der Waals surface area contributed by atoms with Crippen molar-refractivity contribution in [2.45, 2.75) is 19.3 Å². The molecule has 3 heterocycles. The second-order valence-electron chi connectivity index (χ2n) is 4.69. The van der Waals surface area contributed by atoms with Crippen LogP contribution in [0.3, 0.4) is 0 Å². The highest BCUT2D eigenvalue weighted by atomic mass is 19.4. The van der Waals surface area contributed by atoms with E-state index in [2.05, 4.69) is 20.5 Å². The molecule has 0 aliphatic carbocycles. The SMILES string of the molecule is CNc1cncc(N2CCn3c(nnc3C(F)(F)F)C2)c1. The van der Waals surface area contributed by atoms with Crippen LogP contribution in [0.2, 0.25) is 0 Å². The summed E-state index contributed by atoms with van der Waals surface area (Å²) in [5.41, 5.74) is 1.68. The van der Waals surface area contributed by atoms with Crippen molar-refractivity contribution in [2.24, 2.45) is 0 Å². The third-order valence-electron chi connectivity index (χ3n) is 3.38. The number of rotatable bonds is 2. The van der Waals surface area contributed by atoms with Crippen molar-refractivity contribution in [1.29, 1.82) is 0 Å². The summed E-state index contributed by atoms with van der Waals surface area (Å²) in [5, 5.41) is 9.90. The van der Waals surface area contributed by atoms with Gasteiger partial charge in [-0.3, -0.25) is 4.98 Å². The van der Waals surface area contributed by atoms with E-state index in [0.29, 0.717) is 12.4 Å². The van der Waals surface area contributed by atoms with E-state index in [1.807, 2.05) is 11.0 Å². The molecule has 1 aliphatic rings. The van der Waals surface area contributed by atoms with Gasteiger partial charge in [-0.15, -0.1) is 10.2 Å². The molecule has 1 aliphatic heterocycles. The van der Waals surface area contributed by atoms with Crippen molar-refractivity contribution in [3.63, 3.8) is 0 Å². The first-order chi connectivity index (χ1) is 9.99. The average molecular weight is 298 g/mol. The van der Waals surface area contributed by atoms with Gasteiger partial charge in [0.15, 0.2) is 5.82 Å². The number of hydrogen-bond acceptors (Lipinski definition) is 5. The molecule has 3 rings (SSSR count). The minimum absolute atomic E-state index is 0.195. The van der Waals surface area contributed by atoms with E-state index in [4.69, 9.17) is 0 Å².